The summed E-state index contributed by atoms with van der Waals surface area (Å²) in [6.45, 7) is 10.7. The number of nitrogens with two attached hydrogens (primary N) is 1. The van der Waals surface area contributed by atoms with E-state index in [4.69, 9.17) is 29.4 Å². The van der Waals surface area contributed by atoms with Gasteiger partial charge >= 0.3 is 24.1 Å². The highest BCUT2D eigenvalue weighted by Crippen LogP contribution is 2.31. The SMILES string of the molecule is CC[C@H](C)COC(=O)OCCC(N)(Cc1ccc(OC(=O)C(C)C)c(OC(=O)C(C)C)c1)C(=O)OC. The van der Waals surface area contributed by atoms with Crippen molar-refractivity contribution in [1.29, 1.82) is 0 Å². The number of rotatable bonds is 13. The van der Waals surface area contributed by atoms with Crippen LogP contribution in [-0.2, 0) is 35.0 Å². The van der Waals surface area contributed by atoms with E-state index in [1.54, 1.807) is 33.8 Å². The molecular formula is C26H39NO9. The minimum atomic E-state index is -1.55. The molecule has 10 nitrogen and oxygen atoms in total. The maximum Gasteiger partial charge on any atom is 0.508 e. The smallest absolute Gasteiger partial charge is 0.468 e. The third-order valence-corrected chi connectivity index (χ3v) is 5.43. The molecule has 1 aromatic rings. The number of hydrogen-bond donors (Lipinski definition) is 1. The zero-order valence-electron chi connectivity index (χ0n) is 22.3. The van der Waals surface area contributed by atoms with E-state index in [-0.39, 0.29) is 43.5 Å². The lowest BCUT2D eigenvalue weighted by Gasteiger charge is -2.26. The molecule has 10 heteroatoms. The van der Waals surface area contributed by atoms with Gasteiger partial charge in [0, 0.05) is 12.8 Å². The van der Waals surface area contributed by atoms with Crippen molar-refractivity contribution in [2.24, 2.45) is 23.5 Å². The molecule has 0 aliphatic rings. The summed E-state index contributed by atoms with van der Waals surface area (Å²) in [5, 5.41) is 0. The number of benzene rings is 1. The second-order valence-corrected chi connectivity index (χ2v) is 9.43. The third kappa shape index (κ3) is 9.85. The fourth-order valence-corrected chi connectivity index (χ4v) is 2.80. The Bertz CT molecular complexity index is 913. The minimum Gasteiger partial charge on any atom is -0.468 e. The van der Waals surface area contributed by atoms with Crippen molar-refractivity contribution in [1.82, 2.24) is 0 Å². The van der Waals surface area contributed by atoms with Crippen molar-refractivity contribution in [3.8, 4) is 11.5 Å². The van der Waals surface area contributed by atoms with E-state index in [1.165, 1.54) is 19.2 Å². The van der Waals surface area contributed by atoms with Crippen LogP contribution in [0, 0.1) is 17.8 Å². The van der Waals surface area contributed by atoms with Crippen LogP contribution in [0.4, 0.5) is 4.79 Å². The lowest BCUT2D eigenvalue weighted by molar-refractivity contribution is -0.148. The Labute approximate surface area is 212 Å². The third-order valence-electron chi connectivity index (χ3n) is 5.43. The molecule has 0 saturated heterocycles. The summed E-state index contributed by atoms with van der Waals surface area (Å²) in [5.74, 6) is -2.26. The number of carbonyl (C=O) groups excluding carboxylic acids is 4. The topological polar surface area (TPSA) is 140 Å². The first-order valence-electron chi connectivity index (χ1n) is 12.1. The number of ether oxygens (including phenoxy) is 5. The Balaban J connectivity index is 3.07. The Morgan fingerprint density at radius 1 is 0.917 bits per heavy atom. The molecular weight excluding hydrogens is 470 g/mol. The first-order valence-corrected chi connectivity index (χ1v) is 12.1. The Hall–Kier alpha value is -3.14. The summed E-state index contributed by atoms with van der Waals surface area (Å²) in [6, 6.07) is 4.55. The molecule has 0 bridgehead atoms. The van der Waals surface area contributed by atoms with Gasteiger partial charge in [0.25, 0.3) is 0 Å². The largest absolute Gasteiger partial charge is 0.508 e. The molecule has 0 radical (unpaired) electrons. The summed E-state index contributed by atoms with van der Waals surface area (Å²) in [4.78, 5) is 48.7. The molecule has 202 valence electrons. The second kappa shape index (κ2) is 14.4. The quantitative estimate of drug-likeness (QED) is 0.308. The van der Waals surface area contributed by atoms with Gasteiger partial charge in [-0.3, -0.25) is 14.4 Å². The summed E-state index contributed by atoms with van der Waals surface area (Å²) in [7, 11) is 1.20. The molecule has 0 fully saturated rings. The molecule has 1 rings (SSSR count). The van der Waals surface area contributed by atoms with Gasteiger partial charge in [-0.05, 0) is 23.6 Å². The van der Waals surface area contributed by atoms with Gasteiger partial charge < -0.3 is 29.4 Å². The lowest BCUT2D eigenvalue weighted by Crippen LogP contribution is -2.51. The van der Waals surface area contributed by atoms with E-state index in [9.17, 15) is 19.2 Å². The molecule has 0 heterocycles. The van der Waals surface area contributed by atoms with Crippen LogP contribution >= 0.6 is 0 Å². The van der Waals surface area contributed by atoms with Crippen molar-refractivity contribution in [2.45, 2.75) is 66.3 Å². The monoisotopic (exact) mass is 509 g/mol. The van der Waals surface area contributed by atoms with Crippen molar-refractivity contribution in [3.05, 3.63) is 23.8 Å². The molecule has 1 aromatic carbocycles. The maximum atomic E-state index is 12.5. The van der Waals surface area contributed by atoms with Gasteiger partial charge in [0.15, 0.2) is 11.5 Å². The Kier molecular flexibility index (Phi) is 12.4. The summed E-state index contributed by atoms with van der Waals surface area (Å²) < 4.78 is 25.8. The van der Waals surface area contributed by atoms with Crippen LogP contribution in [0.15, 0.2) is 18.2 Å². The van der Waals surface area contributed by atoms with Crippen LogP contribution in [0.3, 0.4) is 0 Å². The first kappa shape index (κ1) is 30.9. The highest BCUT2D eigenvalue weighted by Gasteiger charge is 2.36. The van der Waals surface area contributed by atoms with Gasteiger partial charge in [0.1, 0.15) is 5.54 Å². The predicted molar refractivity (Wildman–Crippen MR) is 131 cm³/mol. The first-order chi connectivity index (χ1) is 16.8. The molecule has 2 atom stereocenters. The van der Waals surface area contributed by atoms with Crippen molar-refractivity contribution in [3.63, 3.8) is 0 Å². The molecule has 0 aliphatic heterocycles. The highest BCUT2D eigenvalue weighted by molar-refractivity contribution is 5.81. The van der Waals surface area contributed by atoms with Gasteiger partial charge in [0.2, 0.25) is 0 Å². The van der Waals surface area contributed by atoms with Crippen LogP contribution in [-0.4, -0.2) is 49.9 Å². The maximum absolute atomic E-state index is 12.5. The molecule has 2 N–H and O–H groups in total. The molecule has 0 saturated carbocycles. The summed E-state index contributed by atoms with van der Waals surface area (Å²) >= 11 is 0. The molecule has 0 aromatic heterocycles. The number of carbonyl (C=O) groups is 4. The predicted octanol–water partition coefficient (Wildman–Crippen LogP) is 3.81. The van der Waals surface area contributed by atoms with Crippen LogP contribution in [0.2, 0.25) is 0 Å². The van der Waals surface area contributed by atoms with Crippen LogP contribution in [0.1, 0.15) is 59.9 Å². The van der Waals surface area contributed by atoms with Gasteiger partial charge in [-0.1, -0.05) is 54.0 Å². The van der Waals surface area contributed by atoms with Crippen molar-refractivity contribution in [2.75, 3.05) is 20.3 Å². The van der Waals surface area contributed by atoms with E-state index < -0.39 is 41.4 Å². The van der Waals surface area contributed by atoms with Gasteiger partial charge in [-0.15, -0.1) is 0 Å². The zero-order valence-corrected chi connectivity index (χ0v) is 22.3. The standard InChI is InChI=1S/C26H39NO9/c1-8-18(6)15-34-25(31)33-12-11-26(27,24(30)32-7)14-19-9-10-20(35-22(28)16(2)3)21(13-19)36-23(29)17(4)5/h9-10,13,16-18H,8,11-12,14-15,27H2,1-7H3/t18-,26?/m0/s1. The highest BCUT2D eigenvalue weighted by atomic mass is 16.7. The average Bonchev–Trinajstić information content (AvgIpc) is 2.83. The number of methoxy groups -OCH3 is 1. The summed E-state index contributed by atoms with van der Waals surface area (Å²) in [5.41, 5.74) is 5.33. The molecule has 0 spiro atoms. The fraction of sp³-hybridized carbons (Fsp3) is 0.615. The van der Waals surface area contributed by atoms with Crippen LogP contribution in [0.25, 0.3) is 0 Å². The fourth-order valence-electron chi connectivity index (χ4n) is 2.80. The van der Waals surface area contributed by atoms with E-state index in [2.05, 4.69) is 0 Å². The summed E-state index contributed by atoms with van der Waals surface area (Å²) in [6.07, 6.45) is -0.0774. The van der Waals surface area contributed by atoms with E-state index in [0.29, 0.717) is 5.56 Å². The van der Waals surface area contributed by atoms with E-state index in [0.717, 1.165) is 6.42 Å². The zero-order chi connectivity index (χ0) is 27.5. The molecule has 0 amide bonds. The van der Waals surface area contributed by atoms with Crippen molar-refractivity contribution >= 4 is 24.1 Å². The van der Waals surface area contributed by atoms with Gasteiger partial charge in [-0.2, -0.15) is 0 Å². The van der Waals surface area contributed by atoms with Gasteiger partial charge in [0.05, 0.1) is 32.2 Å². The molecule has 0 aliphatic carbocycles. The molecule has 36 heavy (non-hydrogen) atoms. The number of esters is 3. The number of hydrogen-bond acceptors (Lipinski definition) is 10. The van der Waals surface area contributed by atoms with Crippen LogP contribution < -0.4 is 15.2 Å². The van der Waals surface area contributed by atoms with E-state index >= 15 is 0 Å². The van der Waals surface area contributed by atoms with Crippen molar-refractivity contribution < 1.29 is 42.9 Å². The second-order valence-electron chi connectivity index (χ2n) is 9.43. The van der Waals surface area contributed by atoms with Crippen LogP contribution in [0.5, 0.6) is 11.5 Å². The minimum absolute atomic E-state index is 0.0253. The average molecular weight is 510 g/mol. The lowest BCUT2D eigenvalue weighted by atomic mass is 9.88. The Morgan fingerprint density at radius 2 is 1.50 bits per heavy atom. The normalized spacial score (nSPS) is 13.5. The van der Waals surface area contributed by atoms with E-state index in [1.807, 2.05) is 13.8 Å². The molecule has 1 unspecified atom stereocenters. The Morgan fingerprint density at radius 3 is 2.03 bits per heavy atom. The van der Waals surface area contributed by atoms with Gasteiger partial charge in [-0.25, -0.2) is 4.79 Å².